The average molecular weight is 418 g/mol. The summed E-state index contributed by atoms with van der Waals surface area (Å²) in [6, 6.07) is 11.4. The van der Waals surface area contributed by atoms with E-state index in [1.807, 2.05) is 12.1 Å². The SMILES string of the molecule is Cc1[nH]c2ccccc2c1C(=O)[C@H](C)OC(=O)CNS(=O)(=O)c1ccc(F)cc1. The van der Waals surface area contributed by atoms with Gasteiger partial charge < -0.3 is 9.72 Å². The maximum absolute atomic E-state index is 12.9. The van der Waals surface area contributed by atoms with Crippen molar-refractivity contribution >= 4 is 32.7 Å². The van der Waals surface area contributed by atoms with E-state index >= 15 is 0 Å². The summed E-state index contributed by atoms with van der Waals surface area (Å²) in [5.74, 6) is -1.88. The molecule has 9 heteroatoms. The maximum Gasteiger partial charge on any atom is 0.321 e. The number of hydrogen-bond donors (Lipinski definition) is 2. The minimum Gasteiger partial charge on any atom is -0.453 e. The van der Waals surface area contributed by atoms with Crippen LogP contribution in [-0.2, 0) is 19.6 Å². The van der Waals surface area contributed by atoms with Crippen molar-refractivity contribution in [2.75, 3.05) is 6.54 Å². The van der Waals surface area contributed by atoms with E-state index in [4.69, 9.17) is 4.74 Å². The number of halogens is 1. The number of esters is 1. The van der Waals surface area contributed by atoms with Crippen LogP contribution in [0.25, 0.3) is 10.9 Å². The Kier molecular flexibility index (Phi) is 5.81. The molecular weight excluding hydrogens is 399 g/mol. The summed E-state index contributed by atoms with van der Waals surface area (Å²) in [6.07, 6.45) is -1.10. The number of carbonyl (C=O) groups is 2. The van der Waals surface area contributed by atoms with Crippen LogP contribution in [0.4, 0.5) is 4.39 Å². The Morgan fingerprint density at radius 2 is 1.79 bits per heavy atom. The molecule has 2 N–H and O–H groups in total. The highest BCUT2D eigenvalue weighted by atomic mass is 32.2. The molecule has 0 saturated heterocycles. The van der Waals surface area contributed by atoms with Gasteiger partial charge in [-0.2, -0.15) is 4.72 Å². The number of ketones is 1. The first-order valence-corrected chi connectivity index (χ1v) is 10.2. The van der Waals surface area contributed by atoms with Crippen LogP contribution >= 0.6 is 0 Å². The molecule has 152 valence electrons. The maximum atomic E-state index is 12.9. The fourth-order valence-corrected chi connectivity index (χ4v) is 3.91. The third kappa shape index (κ3) is 4.52. The fraction of sp³-hybridized carbons (Fsp3) is 0.200. The first-order chi connectivity index (χ1) is 13.7. The number of benzene rings is 2. The number of ether oxygens (including phenoxy) is 1. The van der Waals surface area contributed by atoms with Gasteiger partial charge in [-0.3, -0.25) is 9.59 Å². The van der Waals surface area contributed by atoms with Gasteiger partial charge >= 0.3 is 5.97 Å². The number of carbonyl (C=O) groups excluding carboxylic acids is 2. The van der Waals surface area contributed by atoms with E-state index in [1.165, 1.54) is 6.92 Å². The van der Waals surface area contributed by atoms with Crippen LogP contribution < -0.4 is 4.72 Å². The van der Waals surface area contributed by atoms with Crippen molar-refractivity contribution in [1.82, 2.24) is 9.71 Å². The Morgan fingerprint density at radius 3 is 2.48 bits per heavy atom. The van der Waals surface area contributed by atoms with E-state index in [1.54, 1.807) is 19.1 Å². The number of aromatic nitrogens is 1. The van der Waals surface area contributed by atoms with Crippen LogP contribution in [0, 0.1) is 12.7 Å². The highest BCUT2D eigenvalue weighted by molar-refractivity contribution is 7.89. The summed E-state index contributed by atoms with van der Waals surface area (Å²) in [5, 5.41) is 0.718. The van der Waals surface area contributed by atoms with E-state index < -0.39 is 40.2 Å². The van der Waals surface area contributed by atoms with Gasteiger partial charge in [0.2, 0.25) is 15.8 Å². The van der Waals surface area contributed by atoms with Gasteiger partial charge in [0, 0.05) is 22.2 Å². The smallest absolute Gasteiger partial charge is 0.321 e. The number of sulfonamides is 1. The molecule has 0 aliphatic heterocycles. The van der Waals surface area contributed by atoms with Crippen LogP contribution in [0.15, 0.2) is 53.4 Å². The van der Waals surface area contributed by atoms with Crippen molar-refractivity contribution in [3.8, 4) is 0 Å². The summed E-state index contributed by atoms with van der Waals surface area (Å²) in [7, 11) is -4.01. The summed E-state index contributed by atoms with van der Waals surface area (Å²) >= 11 is 0. The van der Waals surface area contributed by atoms with Crippen LogP contribution in [0.3, 0.4) is 0 Å². The highest BCUT2D eigenvalue weighted by Gasteiger charge is 2.25. The van der Waals surface area contributed by atoms with Crippen molar-refractivity contribution < 1.29 is 27.1 Å². The third-order valence-corrected chi connectivity index (χ3v) is 5.77. The second kappa shape index (κ2) is 8.14. The lowest BCUT2D eigenvalue weighted by Gasteiger charge is -2.13. The van der Waals surface area contributed by atoms with Gasteiger partial charge in [0.25, 0.3) is 0 Å². The number of nitrogens with one attached hydrogen (secondary N) is 2. The van der Waals surface area contributed by atoms with Gasteiger partial charge in [-0.05, 0) is 44.2 Å². The topological polar surface area (TPSA) is 105 Å². The normalized spacial score (nSPS) is 12.7. The Bertz CT molecular complexity index is 1170. The van der Waals surface area contributed by atoms with Gasteiger partial charge in [-0.1, -0.05) is 18.2 Å². The lowest BCUT2D eigenvalue weighted by Crippen LogP contribution is -2.34. The first kappa shape index (κ1) is 20.7. The van der Waals surface area contributed by atoms with Gasteiger partial charge in [-0.15, -0.1) is 0 Å². The Labute approximate surface area is 166 Å². The molecule has 3 rings (SSSR count). The monoisotopic (exact) mass is 418 g/mol. The second-order valence-electron chi connectivity index (χ2n) is 6.45. The number of rotatable bonds is 7. The molecule has 0 fully saturated rings. The Hall–Kier alpha value is -3.04. The number of hydrogen-bond acceptors (Lipinski definition) is 5. The quantitative estimate of drug-likeness (QED) is 0.453. The van der Waals surface area contributed by atoms with E-state index in [0.717, 1.165) is 35.2 Å². The lowest BCUT2D eigenvalue weighted by molar-refractivity contribution is -0.144. The Morgan fingerprint density at radius 1 is 1.14 bits per heavy atom. The van der Waals surface area contributed by atoms with Crippen LogP contribution in [0.2, 0.25) is 0 Å². The van der Waals surface area contributed by atoms with Crippen molar-refractivity contribution in [1.29, 1.82) is 0 Å². The zero-order chi connectivity index (χ0) is 21.2. The Balaban J connectivity index is 1.65. The molecule has 29 heavy (non-hydrogen) atoms. The molecule has 1 atom stereocenters. The number of aromatic amines is 1. The molecule has 0 unspecified atom stereocenters. The minimum atomic E-state index is -4.01. The van der Waals surface area contributed by atoms with Gasteiger partial charge in [-0.25, -0.2) is 12.8 Å². The number of H-pyrrole nitrogens is 1. The molecule has 3 aromatic rings. The summed E-state index contributed by atoms with van der Waals surface area (Å²) in [6.45, 7) is 2.51. The number of Topliss-reactive ketones (excluding diaryl/α,β-unsaturated/α-hetero) is 1. The van der Waals surface area contributed by atoms with Gasteiger partial charge in [0.05, 0.1) is 4.90 Å². The minimum absolute atomic E-state index is 0.190. The zero-order valence-electron chi connectivity index (χ0n) is 15.7. The third-order valence-electron chi connectivity index (χ3n) is 4.35. The molecule has 1 heterocycles. The van der Waals surface area contributed by atoms with Crippen LogP contribution in [0.5, 0.6) is 0 Å². The fourth-order valence-electron chi connectivity index (χ4n) is 2.94. The largest absolute Gasteiger partial charge is 0.453 e. The average Bonchev–Trinajstić information content (AvgIpc) is 3.02. The molecular formula is C20H19FN2O5S. The molecule has 0 aliphatic carbocycles. The molecule has 7 nitrogen and oxygen atoms in total. The van der Waals surface area contributed by atoms with E-state index in [9.17, 15) is 22.4 Å². The highest BCUT2D eigenvalue weighted by Crippen LogP contribution is 2.23. The van der Waals surface area contributed by atoms with Crippen molar-refractivity contribution in [2.45, 2.75) is 24.8 Å². The summed E-state index contributed by atoms with van der Waals surface area (Å²) < 4.78 is 44.4. The lowest BCUT2D eigenvalue weighted by atomic mass is 10.0. The number of fused-ring (bicyclic) bond motifs is 1. The predicted octanol–water partition coefficient (Wildman–Crippen LogP) is 2.71. The molecule has 0 amide bonds. The summed E-state index contributed by atoms with van der Waals surface area (Å²) in [5.41, 5.74) is 1.86. The van der Waals surface area contributed by atoms with Crippen molar-refractivity contribution in [3.63, 3.8) is 0 Å². The van der Waals surface area contributed by atoms with Crippen molar-refractivity contribution in [3.05, 3.63) is 65.6 Å². The number of aryl methyl sites for hydroxylation is 1. The predicted molar refractivity (Wildman–Crippen MR) is 105 cm³/mol. The molecule has 0 radical (unpaired) electrons. The molecule has 1 aromatic heterocycles. The summed E-state index contributed by atoms with van der Waals surface area (Å²) in [4.78, 5) is 27.7. The van der Waals surface area contributed by atoms with E-state index in [-0.39, 0.29) is 4.90 Å². The van der Waals surface area contributed by atoms with E-state index in [2.05, 4.69) is 9.71 Å². The zero-order valence-corrected chi connectivity index (χ0v) is 16.5. The van der Waals surface area contributed by atoms with E-state index in [0.29, 0.717) is 11.3 Å². The van der Waals surface area contributed by atoms with Gasteiger partial charge in [0.1, 0.15) is 12.4 Å². The standard InChI is InChI=1S/C20H19FN2O5S/c1-12-19(16-5-3-4-6-17(16)23-12)20(25)13(2)28-18(24)11-22-29(26,27)15-9-7-14(21)8-10-15/h3-10,13,22-23H,11H2,1-2H3/t13-/m0/s1. The molecule has 0 bridgehead atoms. The van der Waals surface area contributed by atoms with Crippen LogP contribution in [0.1, 0.15) is 23.0 Å². The second-order valence-corrected chi connectivity index (χ2v) is 8.21. The molecule has 2 aromatic carbocycles. The first-order valence-electron chi connectivity index (χ1n) is 8.75. The van der Waals surface area contributed by atoms with Gasteiger partial charge in [0.15, 0.2) is 6.10 Å². The molecule has 0 spiro atoms. The van der Waals surface area contributed by atoms with Crippen LogP contribution in [-0.4, -0.2) is 37.8 Å². The number of para-hydroxylation sites is 1. The molecule has 0 aliphatic rings. The van der Waals surface area contributed by atoms with Crippen molar-refractivity contribution in [2.24, 2.45) is 0 Å². The molecule has 0 saturated carbocycles.